The van der Waals surface area contributed by atoms with Crippen LogP contribution in [-0.2, 0) is 9.84 Å². The van der Waals surface area contributed by atoms with E-state index in [0.29, 0.717) is 0 Å². The van der Waals surface area contributed by atoms with Crippen LogP contribution < -0.4 is 5.73 Å². The molecule has 0 aromatic heterocycles. The van der Waals surface area contributed by atoms with Crippen molar-refractivity contribution in [2.45, 2.75) is 33.0 Å². The smallest absolute Gasteiger partial charge is 0.320 e. The van der Waals surface area contributed by atoms with E-state index in [0.717, 1.165) is 38.5 Å². The summed E-state index contributed by atoms with van der Waals surface area (Å²) in [5.74, 6) is 0. The SMILES string of the molecule is NC1C=CC(C(F)(C(F)(F)F)C(F)(F)Br)(S(=O)(=O)C(F)(F)F)C=C1I. The fourth-order valence-corrected chi connectivity index (χ4v) is 5.18. The first-order valence-electron chi connectivity index (χ1n) is 5.73. The highest BCUT2D eigenvalue weighted by Gasteiger charge is 2.85. The molecule has 25 heavy (non-hydrogen) atoms. The van der Waals surface area contributed by atoms with Gasteiger partial charge in [0, 0.05) is 3.58 Å². The van der Waals surface area contributed by atoms with Gasteiger partial charge in [-0.05, 0) is 44.6 Å². The number of alkyl halides is 10. The van der Waals surface area contributed by atoms with Crippen LogP contribution in [0.15, 0.2) is 21.8 Å². The van der Waals surface area contributed by atoms with Crippen molar-refractivity contribution in [3.05, 3.63) is 21.8 Å². The van der Waals surface area contributed by atoms with Crippen molar-refractivity contribution in [1.82, 2.24) is 0 Å². The second-order valence-electron chi connectivity index (χ2n) is 4.81. The quantitative estimate of drug-likeness (QED) is 0.236. The van der Waals surface area contributed by atoms with Gasteiger partial charge < -0.3 is 5.73 Å². The minimum atomic E-state index is -7.17. The standard InChI is InChI=1S/C10H6BrF9INO2S/c11-8(13,14)7(12,9(15,16)17)6(25(23,24)10(18,19)20)2-1-5(22)4(21)3-6/h1-3,5H,22H2. The Labute approximate surface area is 156 Å². The molecule has 15 heteroatoms. The van der Waals surface area contributed by atoms with Crippen molar-refractivity contribution in [3.8, 4) is 0 Å². The van der Waals surface area contributed by atoms with Crippen LogP contribution in [0.2, 0.25) is 0 Å². The molecular weight excluding hydrogens is 576 g/mol. The van der Waals surface area contributed by atoms with Crippen LogP contribution in [0.25, 0.3) is 0 Å². The molecular formula is C10H6BrF9INO2S. The molecule has 0 aromatic carbocycles. The van der Waals surface area contributed by atoms with Crippen molar-refractivity contribution in [1.29, 1.82) is 0 Å². The maximum atomic E-state index is 14.7. The average molecular weight is 582 g/mol. The second-order valence-corrected chi connectivity index (χ2v) is 9.20. The lowest BCUT2D eigenvalue weighted by Crippen LogP contribution is -2.71. The molecule has 0 heterocycles. The molecule has 0 amide bonds. The Morgan fingerprint density at radius 3 is 1.80 bits per heavy atom. The van der Waals surface area contributed by atoms with Gasteiger partial charge in [-0.1, -0.05) is 12.2 Å². The number of halogens is 11. The zero-order chi connectivity index (χ0) is 20.3. The lowest BCUT2D eigenvalue weighted by Gasteiger charge is -2.45. The summed E-state index contributed by atoms with van der Waals surface area (Å²) in [5, 5.41) is 0. The van der Waals surface area contributed by atoms with E-state index in [-0.39, 0.29) is 6.08 Å². The monoisotopic (exact) mass is 581 g/mol. The summed E-state index contributed by atoms with van der Waals surface area (Å²) in [6.45, 7) is 0. The summed E-state index contributed by atoms with van der Waals surface area (Å²) in [4.78, 5) is -5.74. The summed E-state index contributed by atoms with van der Waals surface area (Å²) in [6, 6.07) is -1.40. The Kier molecular flexibility index (Phi) is 5.76. The largest absolute Gasteiger partial charge is 0.498 e. The van der Waals surface area contributed by atoms with Gasteiger partial charge in [-0.15, -0.1) is 0 Å². The molecule has 3 nitrogen and oxygen atoms in total. The molecule has 146 valence electrons. The molecule has 0 radical (unpaired) electrons. The normalized spacial score (nSPS) is 28.5. The first-order chi connectivity index (χ1) is 10.8. The summed E-state index contributed by atoms with van der Waals surface area (Å²) in [7, 11) is -7.17. The van der Waals surface area contributed by atoms with Crippen molar-refractivity contribution in [2.24, 2.45) is 5.73 Å². The van der Waals surface area contributed by atoms with E-state index in [4.69, 9.17) is 5.73 Å². The Bertz CT molecular complexity index is 695. The molecule has 0 saturated heterocycles. The van der Waals surface area contributed by atoms with Crippen LogP contribution in [-0.4, -0.2) is 41.4 Å². The Morgan fingerprint density at radius 2 is 1.52 bits per heavy atom. The van der Waals surface area contributed by atoms with Gasteiger partial charge in [-0.2, -0.15) is 35.1 Å². The molecule has 3 unspecified atom stereocenters. The lowest BCUT2D eigenvalue weighted by molar-refractivity contribution is -0.280. The molecule has 2 N–H and O–H groups in total. The van der Waals surface area contributed by atoms with Crippen molar-refractivity contribution in [2.75, 3.05) is 0 Å². The summed E-state index contributed by atoms with van der Waals surface area (Å²) in [6.07, 6.45) is -7.31. The fraction of sp³-hybridized carbons (Fsp3) is 0.600. The first kappa shape index (κ1) is 23.0. The minimum absolute atomic E-state index is 0.268. The molecule has 1 aliphatic rings. The predicted molar refractivity (Wildman–Crippen MR) is 80.7 cm³/mol. The van der Waals surface area contributed by atoms with Crippen LogP contribution in [0.4, 0.5) is 39.5 Å². The first-order valence-corrected chi connectivity index (χ1v) is 9.08. The zero-order valence-corrected chi connectivity index (χ0v) is 15.8. The van der Waals surface area contributed by atoms with E-state index in [1.807, 2.05) is 0 Å². The van der Waals surface area contributed by atoms with Gasteiger partial charge in [0.05, 0.1) is 6.04 Å². The Hall–Kier alpha value is -0.0300. The van der Waals surface area contributed by atoms with E-state index in [1.165, 1.54) is 0 Å². The highest BCUT2D eigenvalue weighted by Crippen LogP contribution is 2.60. The van der Waals surface area contributed by atoms with Gasteiger partial charge in [0.15, 0.2) is 4.75 Å². The fourth-order valence-electron chi connectivity index (χ4n) is 2.05. The van der Waals surface area contributed by atoms with Gasteiger partial charge in [0.25, 0.3) is 9.84 Å². The Morgan fingerprint density at radius 1 is 1.08 bits per heavy atom. The van der Waals surface area contributed by atoms with E-state index >= 15 is 0 Å². The molecule has 0 spiro atoms. The minimum Gasteiger partial charge on any atom is -0.320 e. The van der Waals surface area contributed by atoms with Crippen LogP contribution >= 0.6 is 38.5 Å². The van der Waals surface area contributed by atoms with Crippen molar-refractivity contribution in [3.63, 3.8) is 0 Å². The number of hydrogen-bond donors (Lipinski definition) is 1. The zero-order valence-electron chi connectivity index (χ0n) is 11.3. The van der Waals surface area contributed by atoms with E-state index in [9.17, 15) is 47.9 Å². The molecule has 0 aliphatic heterocycles. The summed E-state index contributed by atoms with van der Waals surface area (Å²) < 4.78 is 138. The second kappa shape index (κ2) is 6.25. The van der Waals surface area contributed by atoms with Gasteiger partial charge in [-0.25, -0.2) is 12.8 Å². The summed E-state index contributed by atoms with van der Waals surface area (Å²) >= 11 is 2.08. The molecule has 0 aromatic rings. The molecule has 1 rings (SSSR count). The van der Waals surface area contributed by atoms with Crippen LogP contribution in [0.3, 0.4) is 0 Å². The van der Waals surface area contributed by atoms with Crippen molar-refractivity contribution < 1.29 is 47.9 Å². The van der Waals surface area contributed by atoms with E-state index in [2.05, 4.69) is 0 Å². The maximum absolute atomic E-state index is 14.7. The average Bonchev–Trinajstić information content (AvgIpc) is 2.36. The van der Waals surface area contributed by atoms with Crippen LogP contribution in [0.5, 0.6) is 0 Å². The Balaban J connectivity index is 4.11. The third kappa shape index (κ3) is 3.22. The summed E-state index contributed by atoms with van der Waals surface area (Å²) in [5.41, 5.74) is -7.41. The van der Waals surface area contributed by atoms with E-state index < -0.39 is 58.5 Å². The maximum Gasteiger partial charge on any atom is 0.498 e. The lowest BCUT2D eigenvalue weighted by atomic mass is 9.83. The van der Waals surface area contributed by atoms with Crippen LogP contribution in [0.1, 0.15) is 0 Å². The van der Waals surface area contributed by atoms with Gasteiger partial charge >= 0.3 is 22.2 Å². The van der Waals surface area contributed by atoms with Gasteiger partial charge in [0.2, 0.25) is 0 Å². The number of sulfone groups is 1. The third-order valence-corrected chi connectivity index (χ3v) is 6.90. The highest BCUT2D eigenvalue weighted by molar-refractivity contribution is 14.1. The number of rotatable bonds is 3. The van der Waals surface area contributed by atoms with E-state index in [1.54, 1.807) is 0 Å². The topological polar surface area (TPSA) is 60.2 Å². The van der Waals surface area contributed by atoms with Gasteiger partial charge in [-0.3, -0.25) is 0 Å². The predicted octanol–water partition coefficient (Wildman–Crippen LogP) is 4.13. The molecule has 0 bridgehead atoms. The number of nitrogens with two attached hydrogens (primary N) is 1. The highest BCUT2D eigenvalue weighted by atomic mass is 127. The molecule has 0 saturated carbocycles. The van der Waals surface area contributed by atoms with Crippen molar-refractivity contribution >= 4 is 48.4 Å². The van der Waals surface area contributed by atoms with Crippen LogP contribution in [0, 0.1) is 0 Å². The van der Waals surface area contributed by atoms with Gasteiger partial charge in [0.1, 0.15) is 0 Å². The molecule has 1 aliphatic carbocycles. The molecule has 0 fully saturated rings. The number of hydrogen-bond acceptors (Lipinski definition) is 3. The third-order valence-electron chi connectivity index (χ3n) is 3.29. The molecule has 3 atom stereocenters.